The molecule has 1 heterocycles. The summed E-state index contributed by atoms with van der Waals surface area (Å²) in [5.41, 5.74) is 2.79. The predicted octanol–water partition coefficient (Wildman–Crippen LogP) is 4.92. The van der Waals surface area contributed by atoms with Crippen molar-refractivity contribution in [2.75, 3.05) is 13.2 Å². The lowest BCUT2D eigenvalue weighted by Gasteiger charge is -2.11. The third-order valence-corrected chi connectivity index (χ3v) is 4.35. The van der Waals surface area contributed by atoms with E-state index in [9.17, 15) is 4.79 Å². The Morgan fingerprint density at radius 1 is 1.16 bits per heavy atom. The molecule has 3 aromatic rings. The molecule has 25 heavy (non-hydrogen) atoms. The topological polar surface area (TPSA) is 48.7 Å². The van der Waals surface area contributed by atoms with Crippen LogP contribution in [0.3, 0.4) is 0 Å². The molecule has 0 N–H and O–H groups in total. The van der Waals surface area contributed by atoms with E-state index in [0.717, 1.165) is 33.0 Å². The summed E-state index contributed by atoms with van der Waals surface area (Å²) in [6.45, 7) is 2.68. The van der Waals surface area contributed by atoms with E-state index in [1.807, 2.05) is 42.5 Å². The summed E-state index contributed by atoms with van der Waals surface area (Å²) in [7, 11) is 0. The summed E-state index contributed by atoms with van der Waals surface area (Å²) >= 11 is 3.48. The van der Waals surface area contributed by atoms with Crippen LogP contribution in [0, 0.1) is 0 Å². The summed E-state index contributed by atoms with van der Waals surface area (Å²) in [6, 6.07) is 13.5. The highest BCUT2D eigenvalue weighted by atomic mass is 79.9. The van der Waals surface area contributed by atoms with Gasteiger partial charge in [-0.05, 0) is 31.2 Å². The van der Waals surface area contributed by atoms with Crippen molar-refractivity contribution in [1.82, 2.24) is 0 Å². The summed E-state index contributed by atoms with van der Waals surface area (Å²) in [6.07, 6.45) is 2.70. The summed E-state index contributed by atoms with van der Waals surface area (Å²) < 4.78 is 17.5. The Kier molecular flexibility index (Phi) is 5.76. The van der Waals surface area contributed by atoms with Gasteiger partial charge in [-0.3, -0.25) is 4.79 Å². The normalized spacial score (nSPS) is 10.8. The van der Waals surface area contributed by atoms with Crippen molar-refractivity contribution >= 4 is 32.9 Å². The van der Waals surface area contributed by atoms with Crippen LogP contribution in [-0.4, -0.2) is 19.2 Å². The average molecular weight is 403 g/mol. The number of carbonyl (C=O) groups excluding carboxylic acids is 1. The van der Waals surface area contributed by atoms with Gasteiger partial charge in [-0.15, -0.1) is 0 Å². The number of benzene rings is 2. The smallest absolute Gasteiger partial charge is 0.310 e. The number of fused-ring (bicyclic) bond motifs is 1. The van der Waals surface area contributed by atoms with Crippen molar-refractivity contribution in [1.29, 1.82) is 0 Å². The molecule has 0 amide bonds. The summed E-state index contributed by atoms with van der Waals surface area (Å²) in [4.78, 5) is 11.7. The van der Waals surface area contributed by atoms with Crippen LogP contribution in [0.1, 0.15) is 18.1 Å². The monoisotopic (exact) mass is 402 g/mol. The van der Waals surface area contributed by atoms with E-state index in [0.29, 0.717) is 19.0 Å². The second-order valence-electron chi connectivity index (χ2n) is 5.59. The van der Waals surface area contributed by atoms with Crippen molar-refractivity contribution in [3.63, 3.8) is 0 Å². The molecule has 0 fully saturated rings. The second kappa shape index (κ2) is 8.21. The lowest BCUT2D eigenvalue weighted by Crippen LogP contribution is -2.10. The molecular weight excluding hydrogens is 384 g/mol. The Hall–Kier alpha value is -2.27. The van der Waals surface area contributed by atoms with Crippen LogP contribution >= 0.6 is 15.9 Å². The van der Waals surface area contributed by atoms with Gasteiger partial charge in [0.15, 0.2) is 0 Å². The van der Waals surface area contributed by atoms with E-state index in [1.165, 1.54) is 0 Å². The Balaban J connectivity index is 1.65. The lowest BCUT2D eigenvalue weighted by molar-refractivity contribution is -0.142. The van der Waals surface area contributed by atoms with Gasteiger partial charge in [0.2, 0.25) is 0 Å². The Bertz CT molecular complexity index is 869. The minimum atomic E-state index is -0.246. The highest BCUT2D eigenvalue weighted by Crippen LogP contribution is 2.26. The number of furan rings is 1. The fourth-order valence-corrected chi connectivity index (χ4v) is 3.04. The van der Waals surface area contributed by atoms with Crippen molar-refractivity contribution < 1.29 is 18.7 Å². The van der Waals surface area contributed by atoms with Gasteiger partial charge in [-0.2, -0.15) is 0 Å². The number of rotatable bonds is 7. The molecule has 2 aromatic carbocycles. The van der Waals surface area contributed by atoms with E-state index in [-0.39, 0.29) is 12.4 Å². The molecule has 0 aliphatic heterocycles. The first kappa shape index (κ1) is 17.5. The summed E-state index contributed by atoms with van der Waals surface area (Å²) in [5, 5.41) is 1.08. The van der Waals surface area contributed by atoms with E-state index in [4.69, 9.17) is 13.9 Å². The van der Waals surface area contributed by atoms with Crippen LogP contribution in [-0.2, 0) is 22.4 Å². The first-order valence-corrected chi connectivity index (χ1v) is 8.98. The lowest BCUT2D eigenvalue weighted by atomic mass is 10.1. The van der Waals surface area contributed by atoms with Crippen LogP contribution in [0.4, 0.5) is 0 Å². The van der Waals surface area contributed by atoms with E-state index in [2.05, 4.69) is 15.9 Å². The van der Waals surface area contributed by atoms with Crippen molar-refractivity contribution in [3.05, 3.63) is 64.3 Å². The van der Waals surface area contributed by atoms with Gasteiger partial charge in [0.25, 0.3) is 0 Å². The molecule has 130 valence electrons. The fourth-order valence-electron chi connectivity index (χ4n) is 2.68. The van der Waals surface area contributed by atoms with E-state index in [1.54, 1.807) is 13.2 Å². The number of carbonyl (C=O) groups is 1. The Labute approximate surface area is 154 Å². The first-order valence-electron chi connectivity index (χ1n) is 8.19. The molecule has 0 saturated carbocycles. The van der Waals surface area contributed by atoms with Gasteiger partial charge >= 0.3 is 5.97 Å². The summed E-state index contributed by atoms with van der Waals surface area (Å²) in [5.74, 6) is 0.466. The van der Waals surface area contributed by atoms with Gasteiger partial charge in [-0.1, -0.05) is 34.1 Å². The first-order chi connectivity index (χ1) is 12.2. The minimum Gasteiger partial charge on any atom is -0.493 e. The highest BCUT2D eigenvalue weighted by molar-refractivity contribution is 9.10. The van der Waals surface area contributed by atoms with Crippen LogP contribution in [0.15, 0.2) is 57.6 Å². The molecule has 0 saturated heterocycles. The quantitative estimate of drug-likeness (QED) is 0.526. The maximum atomic E-state index is 11.7. The van der Waals surface area contributed by atoms with Gasteiger partial charge in [0, 0.05) is 27.4 Å². The number of para-hydroxylation sites is 1. The molecule has 0 aliphatic rings. The van der Waals surface area contributed by atoms with Crippen LogP contribution in [0.5, 0.6) is 5.75 Å². The molecule has 0 unspecified atom stereocenters. The average Bonchev–Trinajstić information content (AvgIpc) is 2.99. The van der Waals surface area contributed by atoms with E-state index >= 15 is 0 Å². The molecule has 3 rings (SSSR count). The van der Waals surface area contributed by atoms with Crippen LogP contribution < -0.4 is 4.74 Å². The third-order valence-electron chi connectivity index (χ3n) is 3.86. The zero-order chi connectivity index (χ0) is 17.6. The SMILES string of the molecule is CCOC(=O)Cc1ccccc1OCCc1coc2ccc(Br)cc12. The number of halogens is 1. The van der Waals surface area contributed by atoms with Crippen LogP contribution in [0.2, 0.25) is 0 Å². The third kappa shape index (κ3) is 4.42. The Morgan fingerprint density at radius 3 is 2.84 bits per heavy atom. The maximum absolute atomic E-state index is 11.7. The number of hydrogen-bond acceptors (Lipinski definition) is 4. The highest BCUT2D eigenvalue weighted by Gasteiger charge is 2.11. The van der Waals surface area contributed by atoms with Crippen molar-refractivity contribution in [3.8, 4) is 5.75 Å². The number of esters is 1. The fraction of sp³-hybridized carbons (Fsp3) is 0.250. The number of hydrogen-bond donors (Lipinski definition) is 0. The van der Waals surface area contributed by atoms with Gasteiger partial charge in [0.1, 0.15) is 11.3 Å². The van der Waals surface area contributed by atoms with Gasteiger partial charge in [0.05, 0.1) is 25.9 Å². The number of ether oxygens (including phenoxy) is 2. The standard InChI is InChI=1S/C20H19BrO4/c1-2-23-20(22)11-14-5-3-4-6-18(14)24-10-9-15-13-25-19-8-7-16(21)12-17(15)19/h3-8,12-13H,2,9-11H2,1H3. The van der Waals surface area contributed by atoms with Crippen molar-refractivity contribution in [2.24, 2.45) is 0 Å². The maximum Gasteiger partial charge on any atom is 0.310 e. The van der Waals surface area contributed by atoms with Crippen molar-refractivity contribution in [2.45, 2.75) is 19.8 Å². The molecule has 0 spiro atoms. The molecular formula is C20H19BrO4. The molecule has 0 bridgehead atoms. The zero-order valence-corrected chi connectivity index (χ0v) is 15.5. The minimum absolute atomic E-state index is 0.214. The van der Waals surface area contributed by atoms with Crippen LogP contribution in [0.25, 0.3) is 11.0 Å². The van der Waals surface area contributed by atoms with E-state index < -0.39 is 0 Å². The Morgan fingerprint density at radius 2 is 2.00 bits per heavy atom. The molecule has 1 aromatic heterocycles. The predicted molar refractivity (Wildman–Crippen MR) is 99.9 cm³/mol. The molecule has 5 heteroatoms. The second-order valence-corrected chi connectivity index (χ2v) is 6.51. The molecule has 4 nitrogen and oxygen atoms in total. The largest absolute Gasteiger partial charge is 0.493 e. The van der Waals surface area contributed by atoms with Gasteiger partial charge < -0.3 is 13.9 Å². The molecule has 0 atom stereocenters. The molecule has 0 aliphatic carbocycles. The molecule has 0 radical (unpaired) electrons. The zero-order valence-electron chi connectivity index (χ0n) is 14.0. The van der Waals surface area contributed by atoms with Gasteiger partial charge in [-0.25, -0.2) is 0 Å².